The number of hydrogen-bond acceptors (Lipinski definition) is 4. The van der Waals surface area contributed by atoms with Crippen molar-refractivity contribution in [3.05, 3.63) is 18.6 Å². The van der Waals surface area contributed by atoms with Gasteiger partial charge in [-0.15, -0.1) is 0 Å². The van der Waals surface area contributed by atoms with Crippen molar-refractivity contribution >= 4 is 11.8 Å². The van der Waals surface area contributed by atoms with E-state index in [1.165, 1.54) is 0 Å². The molecule has 1 aromatic rings. The molecule has 0 saturated carbocycles. The molecule has 0 radical (unpaired) electrons. The van der Waals surface area contributed by atoms with Crippen LogP contribution in [-0.4, -0.2) is 34.1 Å². The Kier molecular flexibility index (Phi) is 2.80. The summed E-state index contributed by atoms with van der Waals surface area (Å²) in [6.07, 6.45) is 6.56. The van der Waals surface area contributed by atoms with Crippen molar-refractivity contribution in [1.29, 1.82) is 0 Å². The summed E-state index contributed by atoms with van der Waals surface area (Å²) in [5, 5.41) is 8.94. The smallest absolute Gasteiger partial charge is 0.308 e. The summed E-state index contributed by atoms with van der Waals surface area (Å²) in [5.74, 6) is -0.229. The molecule has 5 heteroatoms. The summed E-state index contributed by atoms with van der Waals surface area (Å²) >= 11 is 0. The van der Waals surface area contributed by atoms with E-state index in [9.17, 15) is 4.79 Å². The Bertz CT molecular complexity index is 342. The Labute approximate surface area is 87.8 Å². The van der Waals surface area contributed by atoms with E-state index in [0.29, 0.717) is 6.54 Å². The lowest BCUT2D eigenvalue weighted by Gasteiger charge is -2.31. The molecule has 1 saturated heterocycles. The third-order valence-electron chi connectivity index (χ3n) is 2.64. The van der Waals surface area contributed by atoms with Crippen molar-refractivity contribution < 1.29 is 9.90 Å². The second-order valence-corrected chi connectivity index (χ2v) is 3.69. The molecule has 2 heterocycles. The van der Waals surface area contributed by atoms with E-state index in [2.05, 4.69) is 9.97 Å². The number of nitrogens with zero attached hydrogens (tertiary/aromatic N) is 3. The van der Waals surface area contributed by atoms with Crippen LogP contribution in [0.4, 0.5) is 5.82 Å². The van der Waals surface area contributed by atoms with Crippen molar-refractivity contribution in [3.8, 4) is 0 Å². The van der Waals surface area contributed by atoms with Crippen molar-refractivity contribution in [3.63, 3.8) is 0 Å². The number of aliphatic carboxylic acids is 1. The number of carboxylic acid groups (broad SMARTS) is 1. The second-order valence-electron chi connectivity index (χ2n) is 3.69. The maximum Gasteiger partial charge on any atom is 0.308 e. The fraction of sp³-hybridized carbons (Fsp3) is 0.500. The predicted octanol–water partition coefficient (Wildman–Crippen LogP) is 0.778. The maximum atomic E-state index is 10.9. The largest absolute Gasteiger partial charge is 0.481 e. The zero-order chi connectivity index (χ0) is 10.7. The molecule has 0 spiro atoms. The highest BCUT2D eigenvalue weighted by atomic mass is 16.4. The van der Waals surface area contributed by atoms with Gasteiger partial charge in [0.25, 0.3) is 0 Å². The number of piperidine rings is 1. The van der Waals surface area contributed by atoms with E-state index in [0.717, 1.165) is 25.2 Å². The molecular weight excluding hydrogens is 194 g/mol. The first-order valence-corrected chi connectivity index (χ1v) is 5.01. The zero-order valence-electron chi connectivity index (χ0n) is 8.33. The van der Waals surface area contributed by atoms with Gasteiger partial charge in [0.1, 0.15) is 5.82 Å². The highest BCUT2D eigenvalue weighted by Gasteiger charge is 2.25. The summed E-state index contributed by atoms with van der Waals surface area (Å²) in [5.41, 5.74) is 0. The molecule has 1 fully saturated rings. The molecule has 1 aliphatic rings. The maximum absolute atomic E-state index is 10.9. The Morgan fingerprint density at radius 1 is 1.53 bits per heavy atom. The van der Waals surface area contributed by atoms with Crippen molar-refractivity contribution in [2.24, 2.45) is 5.92 Å². The van der Waals surface area contributed by atoms with E-state index < -0.39 is 5.97 Å². The van der Waals surface area contributed by atoms with Crippen LogP contribution in [-0.2, 0) is 4.79 Å². The second kappa shape index (κ2) is 4.25. The van der Waals surface area contributed by atoms with Crippen LogP contribution in [0.5, 0.6) is 0 Å². The Morgan fingerprint density at radius 3 is 3.07 bits per heavy atom. The lowest BCUT2D eigenvalue weighted by molar-refractivity contribution is -0.141. The molecule has 1 atom stereocenters. The molecule has 0 aromatic carbocycles. The van der Waals surface area contributed by atoms with E-state index in [1.807, 2.05) is 4.90 Å². The summed E-state index contributed by atoms with van der Waals surface area (Å²) in [4.78, 5) is 21.0. The fourth-order valence-corrected chi connectivity index (χ4v) is 1.84. The number of carboxylic acids is 1. The van der Waals surface area contributed by atoms with Gasteiger partial charge in [0.2, 0.25) is 0 Å². The number of carbonyl (C=O) groups is 1. The molecule has 1 aliphatic heterocycles. The third kappa shape index (κ3) is 2.23. The van der Waals surface area contributed by atoms with Crippen LogP contribution in [0.25, 0.3) is 0 Å². The number of aromatic nitrogens is 2. The molecule has 2 rings (SSSR count). The topological polar surface area (TPSA) is 66.3 Å². The van der Waals surface area contributed by atoms with Gasteiger partial charge in [-0.3, -0.25) is 9.78 Å². The average molecular weight is 207 g/mol. The lowest BCUT2D eigenvalue weighted by Crippen LogP contribution is -2.39. The fourth-order valence-electron chi connectivity index (χ4n) is 1.84. The highest BCUT2D eigenvalue weighted by Crippen LogP contribution is 2.20. The van der Waals surface area contributed by atoms with Gasteiger partial charge in [0.05, 0.1) is 12.1 Å². The van der Waals surface area contributed by atoms with Crippen LogP contribution in [0, 0.1) is 5.92 Å². The van der Waals surface area contributed by atoms with Crippen LogP contribution in [0.3, 0.4) is 0 Å². The average Bonchev–Trinajstić information content (AvgIpc) is 2.30. The Balaban J connectivity index is 2.08. The Hall–Kier alpha value is -1.65. The van der Waals surface area contributed by atoms with E-state index in [4.69, 9.17) is 5.11 Å². The van der Waals surface area contributed by atoms with Gasteiger partial charge in [-0.25, -0.2) is 4.98 Å². The van der Waals surface area contributed by atoms with E-state index in [1.54, 1.807) is 18.6 Å². The Morgan fingerprint density at radius 2 is 2.40 bits per heavy atom. The first kappa shape index (κ1) is 9.89. The molecule has 0 amide bonds. The minimum atomic E-state index is -0.719. The lowest BCUT2D eigenvalue weighted by atomic mass is 9.98. The van der Waals surface area contributed by atoms with Gasteiger partial charge in [-0.2, -0.15) is 0 Å². The molecule has 80 valence electrons. The minimum Gasteiger partial charge on any atom is -0.481 e. The highest BCUT2D eigenvalue weighted by molar-refractivity contribution is 5.71. The summed E-state index contributed by atoms with van der Waals surface area (Å²) in [6, 6.07) is 0. The molecule has 0 unspecified atom stereocenters. The van der Waals surface area contributed by atoms with Crippen molar-refractivity contribution in [2.75, 3.05) is 18.0 Å². The number of rotatable bonds is 2. The SMILES string of the molecule is O=C(O)[C@H]1CCCN(c2cnccn2)C1. The quantitative estimate of drug-likeness (QED) is 0.776. The molecule has 0 aliphatic carbocycles. The predicted molar refractivity (Wildman–Crippen MR) is 54.6 cm³/mol. The van der Waals surface area contributed by atoms with Gasteiger partial charge < -0.3 is 10.0 Å². The molecule has 1 N–H and O–H groups in total. The summed E-state index contributed by atoms with van der Waals surface area (Å²) < 4.78 is 0. The monoisotopic (exact) mass is 207 g/mol. The third-order valence-corrected chi connectivity index (χ3v) is 2.64. The zero-order valence-corrected chi connectivity index (χ0v) is 8.33. The van der Waals surface area contributed by atoms with Gasteiger partial charge in [0, 0.05) is 25.5 Å². The normalized spacial score (nSPS) is 21.3. The number of hydrogen-bond donors (Lipinski definition) is 1. The standard InChI is InChI=1S/C10H13N3O2/c14-10(15)8-2-1-5-13(7-8)9-6-11-3-4-12-9/h3-4,6,8H,1-2,5,7H2,(H,14,15)/t8-/m0/s1. The first-order valence-electron chi connectivity index (χ1n) is 5.01. The van der Waals surface area contributed by atoms with Crippen LogP contribution in [0.1, 0.15) is 12.8 Å². The minimum absolute atomic E-state index is 0.277. The number of anilines is 1. The molecule has 1 aromatic heterocycles. The molecule has 15 heavy (non-hydrogen) atoms. The molecule has 0 bridgehead atoms. The first-order chi connectivity index (χ1) is 7.27. The van der Waals surface area contributed by atoms with E-state index in [-0.39, 0.29) is 5.92 Å². The molecule has 5 nitrogen and oxygen atoms in total. The van der Waals surface area contributed by atoms with Crippen molar-refractivity contribution in [1.82, 2.24) is 9.97 Å². The van der Waals surface area contributed by atoms with Crippen LogP contribution < -0.4 is 4.90 Å². The van der Waals surface area contributed by atoms with Crippen LogP contribution >= 0.6 is 0 Å². The van der Waals surface area contributed by atoms with Gasteiger partial charge in [-0.05, 0) is 12.8 Å². The van der Waals surface area contributed by atoms with Crippen molar-refractivity contribution in [2.45, 2.75) is 12.8 Å². The molecular formula is C10H13N3O2. The van der Waals surface area contributed by atoms with Crippen LogP contribution in [0.2, 0.25) is 0 Å². The van der Waals surface area contributed by atoms with Gasteiger partial charge in [-0.1, -0.05) is 0 Å². The summed E-state index contributed by atoms with van der Waals surface area (Å²) in [7, 11) is 0. The van der Waals surface area contributed by atoms with Gasteiger partial charge >= 0.3 is 5.97 Å². The van der Waals surface area contributed by atoms with E-state index >= 15 is 0 Å². The van der Waals surface area contributed by atoms with Gasteiger partial charge in [0.15, 0.2) is 0 Å². The van der Waals surface area contributed by atoms with Crippen LogP contribution in [0.15, 0.2) is 18.6 Å². The summed E-state index contributed by atoms with van der Waals surface area (Å²) in [6.45, 7) is 1.40.